The number of aromatic nitrogens is 1. The maximum Gasteiger partial charge on any atom is 0.416 e. The van der Waals surface area contributed by atoms with E-state index < -0.39 is 40.3 Å². The fraction of sp³-hybridized carbons (Fsp3) is 0.333. The number of hydrogen-bond donors (Lipinski definition) is 2. The van der Waals surface area contributed by atoms with Crippen molar-refractivity contribution in [3.63, 3.8) is 0 Å². The van der Waals surface area contributed by atoms with Crippen LogP contribution in [0.3, 0.4) is 0 Å². The Labute approximate surface area is 171 Å². The van der Waals surface area contributed by atoms with Crippen molar-refractivity contribution < 1.29 is 36.2 Å². The topological polar surface area (TPSA) is 109 Å². The van der Waals surface area contributed by atoms with Crippen molar-refractivity contribution >= 4 is 15.9 Å². The lowest BCUT2D eigenvalue weighted by Crippen LogP contribution is -2.42. The molecule has 1 unspecified atom stereocenters. The second-order valence-electron chi connectivity index (χ2n) is 6.24. The van der Waals surface area contributed by atoms with Crippen LogP contribution in [0.5, 0.6) is 5.75 Å². The van der Waals surface area contributed by atoms with Crippen LogP contribution in [0.25, 0.3) is 0 Å². The molecular weight excluding hydrogens is 427 g/mol. The monoisotopic (exact) mass is 447 g/mol. The summed E-state index contributed by atoms with van der Waals surface area (Å²) < 4.78 is 68.2. The molecule has 0 fully saturated rings. The summed E-state index contributed by atoms with van der Waals surface area (Å²) in [5, 5.41) is 12.2. The number of halogens is 3. The van der Waals surface area contributed by atoms with Crippen LogP contribution >= 0.6 is 0 Å². The Morgan fingerprint density at radius 2 is 1.93 bits per heavy atom. The highest BCUT2D eigenvalue weighted by Crippen LogP contribution is 2.30. The first-order valence-electron chi connectivity index (χ1n) is 8.61. The number of aliphatic hydroxyl groups is 1. The molecule has 1 aromatic heterocycles. The van der Waals surface area contributed by atoms with E-state index in [-0.39, 0.29) is 23.8 Å². The number of benzene rings is 1. The zero-order chi connectivity index (χ0) is 22.4. The van der Waals surface area contributed by atoms with Gasteiger partial charge in [-0.15, -0.1) is 0 Å². The molecular formula is C18H20F3N3O5S. The van der Waals surface area contributed by atoms with Crippen molar-refractivity contribution in [1.29, 1.82) is 0 Å². The standard InChI is InChI=1S/C18H20F3N3O5S/c1-24(30(27,28)16-3-2-8-22-10-16)11-17(26)23-9-14(25)12-29-15-6-4-13(5-7-15)18(19,20)21/h2-8,10,14,25H,9,11-12H2,1H3,(H,23,26). The SMILES string of the molecule is CN(CC(=O)NCC(O)COc1ccc(C(F)(F)F)cc1)S(=O)(=O)c1cccnc1. The Hall–Kier alpha value is -2.70. The van der Waals surface area contributed by atoms with Gasteiger partial charge in [0.25, 0.3) is 0 Å². The molecule has 1 heterocycles. The number of pyridine rings is 1. The van der Waals surface area contributed by atoms with Gasteiger partial charge in [-0.1, -0.05) is 0 Å². The first-order chi connectivity index (χ1) is 14.0. The average molecular weight is 447 g/mol. The molecule has 0 aliphatic heterocycles. The molecule has 1 aromatic carbocycles. The third kappa shape index (κ3) is 6.68. The van der Waals surface area contributed by atoms with E-state index in [1.54, 1.807) is 0 Å². The van der Waals surface area contributed by atoms with Crippen molar-refractivity contribution in [3.8, 4) is 5.75 Å². The van der Waals surface area contributed by atoms with Gasteiger partial charge < -0.3 is 15.2 Å². The van der Waals surface area contributed by atoms with Gasteiger partial charge in [0.1, 0.15) is 23.4 Å². The molecule has 30 heavy (non-hydrogen) atoms. The zero-order valence-electron chi connectivity index (χ0n) is 15.8. The highest BCUT2D eigenvalue weighted by Gasteiger charge is 2.30. The van der Waals surface area contributed by atoms with Crippen LogP contribution in [0.4, 0.5) is 13.2 Å². The number of nitrogens with one attached hydrogen (secondary N) is 1. The third-order valence-corrected chi connectivity index (χ3v) is 5.65. The molecule has 0 bridgehead atoms. The number of alkyl halides is 3. The largest absolute Gasteiger partial charge is 0.491 e. The van der Waals surface area contributed by atoms with Crippen LogP contribution in [0.15, 0.2) is 53.7 Å². The summed E-state index contributed by atoms with van der Waals surface area (Å²) in [4.78, 5) is 15.6. The summed E-state index contributed by atoms with van der Waals surface area (Å²) in [6, 6.07) is 6.73. The van der Waals surface area contributed by atoms with E-state index in [1.165, 1.54) is 25.4 Å². The number of hydrogen-bond acceptors (Lipinski definition) is 6. The molecule has 0 saturated heterocycles. The fourth-order valence-electron chi connectivity index (χ4n) is 2.25. The summed E-state index contributed by atoms with van der Waals surface area (Å²) in [5.74, 6) is -0.533. The van der Waals surface area contributed by atoms with Crippen LogP contribution in [-0.4, -0.2) is 61.6 Å². The van der Waals surface area contributed by atoms with Gasteiger partial charge in [-0.3, -0.25) is 9.78 Å². The first-order valence-corrected chi connectivity index (χ1v) is 10.1. The molecule has 2 aromatic rings. The van der Waals surface area contributed by atoms with Crippen molar-refractivity contribution in [2.24, 2.45) is 0 Å². The normalized spacial score (nSPS) is 13.1. The van der Waals surface area contributed by atoms with Crippen LogP contribution in [0, 0.1) is 0 Å². The molecule has 1 amide bonds. The maximum atomic E-state index is 12.5. The summed E-state index contributed by atoms with van der Waals surface area (Å²) in [5.41, 5.74) is -0.826. The van der Waals surface area contributed by atoms with E-state index in [0.717, 1.165) is 34.8 Å². The van der Waals surface area contributed by atoms with E-state index in [1.807, 2.05) is 0 Å². The highest BCUT2D eigenvalue weighted by atomic mass is 32.2. The first kappa shape index (κ1) is 23.6. The van der Waals surface area contributed by atoms with Crippen LogP contribution in [0.1, 0.15) is 5.56 Å². The van der Waals surface area contributed by atoms with Gasteiger partial charge in [-0.05, 0) is 36.4 Å². The van der Waals surface area contributed by atoms with Crippen molar-refractivity contribution in [1.82, 2.24) is 14.6 Å². The summed E-state index contributed by atoms with van der Waals surface area (Å²) in [6.45, 7) is -1.00. The molecule has 12 heteroatoms. The fourth-order valence-corrected chi connectivity index (χ4v) is 3.34. The number of ether oxygens (including phenoxy) is 1. The number of carbonyl (C=O) groups excluding carboxylic acids is 1. The van der Waals surface area contributed by atoms with Gasteiger partial charge in [0.2, 0.25) is 15.9 Å². The quantitative estimate of drug-likeness (QED) is 0.600. The number of nitrogens with zero attached hydrogens (tertiary/aromatic N) is 2. The number of sulfonamides is 1. The van der Waals surface area contributed by atoms with Gasteiger partial charge in [0.05, 0.1) is 12.1 Å². The van der Waals surface area contributed by atoms with E-state index >= 15 is 0 Å². The van der Waals surface area contributed by atoms with E-state index in [4.69, 9.17) is 4.74 Å². The number of amides is 1. The zero-order valence-corrected chi connectivity index (χ0v) is 16.7. The third-order valence-electron chi connectivity index (χ3n) is 3.87. The lowest BCUT2D eigenvalue weighted by atomic mass is 10.2. The van der Waals surface area contributed by atoms with Crippen molar-refractivity contribution in [2.45, 2.75) is 17.2 Å². The molecule has 2 rings (SSSR count). The Morgan fingerprint density at radius 1 is 1.27 bits per heavy atom. The van der Waals surface area contributed by atoms with Crippen LogP contribution < -0.4 is 10.1 Å². The van der Waals surface area contributed by atoms with Gasteiger partial charge >= 0.3 is 6.18 Å². The average Bonchev–Trinajstić information content (AvgIpc) is 2.71. The van der Waals surface area contributed by atoms with Crippen molar-refractivity contribution in [2.75, 3.05) is 26.7 Å². The van der Waals surface area contributed by atoms with Crippen LogP contribution in [0.2, 0.25) is 0 Å². The van der Waals surface area contributed by atoms with E-state index in [0.29, 0.717) is 0 Å². The number of aliphatic hydroxyl groups excluding tert-OH is 1. The number of rotatable bonds is 9. The van der Waals surface area contributed by atoms with Gasteiger partial charge in [-0.2, -0.15) is 17.5 Å². The Bertz CT molecular complexity index is 938. The predicted octanol–water partition coefficient (Wildman–Crippen LogP) is 1.28. The molecule has 0 spiro atoms. The smallest absolute Gasteiger partial charge is 0.416 e. The molecule has 1 atom stereocenters. The Balaban J connectivity index is 1.77. The summed E-state index contributed by atoms with van der Waals surface area (Å²) >= 11 is 0. The highest BCUT2D eigenvalue weighted by molar-refractivity contribution is 7.89. The summed E-state index contributed by atoms with van der Waals surface area (Å²) in [6.07, 6.45) is -3.04. The molecule has 0 saturated carbocycles. The molecule has 2 N–H and O–H groups in total. The number of likely N-dealkylation sites (N-methyl/N-ethyl adjacent to an activating group) is 1. The van der Waals surface area contributed by atoms with E-state index in [2.05, 4.69) is 10.3 Å². The maximum absolute atomic E-state index is 12.5. The van der Waals surface area contributed by atoms with Gasteiger partial charge in [0, 0.05) is 26.0 Å². The van der Waals surface area contributed by atoms with Gasteiger partial charge in [0.15, 0.2) is 0 Å². The lowest BCUT2D eigenvalue weighted by molar-refractivity contribution is -0.137. The van der Waals surface area contributed by atoms with E-state index in [9.17, 15) is 31.5 Å². The molecule has 0 aliphatic carbocycles. The molecule has 0 radical (unpaired) electrons. The minimum absolute atomic E-state index is 0.0646. The number of carbonyl (C=O) groups is 1. The lowest BCUT2D eigenvalue weighted by Gasteiger charge is -2.18. The van der Waals surface area contributed by atoms with Crippen LogP contribution in [-0.2, 0) is 21.0 Å². The molecule has 8 nitrogen and oxygen atoms in total. The summed E-state index contributed by atoms with van der Waals surface area (Å²) in [7, 11) is -2.66. The minimum atomic E-state index is -4.46. The second kappa shape index (κ2) is 9.87. The minimum Gasteiger partial charge on any atom is -0.491 e. The molecule has 0 aliphatic rings. The van der Waals surface area contributed by atoms with Gasteiger partial charge in [-0.25, -0.2) is 8.42 Å². The Morgan fingerprint density at radius 3 is 2.50 bits per heavy atom. The predicted molar refractivity (Wildman–Crippen MR) is 100 cm³/mol. The Kier molecular flexibility index (Phi) is 7.76. The molecule has 164 valence electrons. The van der Waals surface area contributed by atoms with Crippen molar-refractivity contribution in [3.05, 3.63) is 54.4 Å². The second-order valence-corrected chi connectivity index (χ2v) is 8.29.